The summed E-state index contributed by atoms with van der Waals surface area (Å²) in [6, 6.07) is 22.6. The Morgan fingerprint density at radius 3 is 1.65 bits per heavy atom. The Morgan fingerprint density at radius 2 is 1.20 bits per heavy atom. The molecule has 46 heavy (non-hydrogen) atoms. The average molecular weight is 607 g/mol. The fourth-order valence-corrected chi connectivity index (χ4v) is 4.37. The molecular weight excluding hydrogens is 572 g/mol. The third-order valence-electron chi connectivity index (χ3n) is 6.86. The van der Waals surface area contributed by atoms with Gasteiger partial charge in [-0.3, -0.25) is 19.7 Å². The predicted molar refractivity (Wildman–Crippen MR) is 180 cm³/mol. The Labute approximate surface area is 270 Å². The second-order valence-electron chi connectivity index (χ2n) is 10.4. The van der Waals surface area contributed by atoms with E-state index in [9.17, 15) is 4.79 Å². The molecule has 7 heteroatoms. The molecule has 0 fully saturated rings. The largest absolute Gasteiger partial charge is 0.492 e. The molecule has 0 spiro atoms. The van der Waals surface area contributed by atoms with E-state index in [1.165, 1.54) is 0 Å². The standard InChI is InChI=1S/C39H34N4O3/c1-3-5-21-45-38-26-32(39(46-22-6-4-2)25-31(38)16-13-29-15-18-33(28-44)42-27-29)17-14-30-23-36(34-11-7-9-19-40-34)43-37(24-30)35-12-8-10-20-41-35/h7-12,15,18-20,23-28H,3-6,21-22H2,1-2H3. The highest BCUT2D eigenvalue weighted by atomic mass is 16.5. The molecule has 0 atom stereocenters. The molecule has 0 saturated heterocycles. The summed E-state index contributed by atoms with van der Waals surface area (Å²) >= 11 is 0. The van der Waals surface area contributed by atoms with Crippen molar-refractivity contribution in [2.45, 2.75) is 39.5 Å². The molecule has 1 aromatic carbocycles. The van der Waals surface area contributed by atoms with E-state index in [2.05, 4.69) is 52.5 Å². The summed E-state index contributed by atoms with van der Waals surface area (Å²) in [5.41, 5.74) is 6.10. The van der Waals surface area contributed by atoms with Crippen molar-refractivity contribution < 1.29 is 14.3 Å². The Hall–Kier alpha value is -5.79. The van der Waals surface area contributed by atoms with Crippen molar-refractivity contribution in [2.75, 3.05) is 13.2 Å². The van der Waals surface area contributed by atoms with Crippen LogP contribution in [0.15, 0.2) is 91.4 Å². The van der Waals surface area contributed by atoms with Crippen LogP contribution in [-0.4, -0.2) is 39.4 Å². The van der Waals surface area contributed by atoms with Crippen LogP contribution in [0.3, 0.4) is 0 Å². The van der Waals surface area contributed by atoms with Crippen molar-refractivity contribution in [1.29, 1.82) is 0 Å². The molecule has 7 nitrogen and oxygen atoms in total. The summed E-state index contributed by atoms with van der Waals surface area (Å²) in [6.07, 6.45) is 9.60. The van der Waals surface area contributed by atoms with Crippen molar-refractivity contribution in [3.05, 3.63) is 119 Å². The van der Waals surface area contributed by atoms with E-state index in [1.54, 1.807) is 30.7 Å². The molecule has 4 aromatic heterocycles. The summed E-state index contributed by atoms with van der Waals surface area (Å²) in [4.78, 5) is 29.0. The summed E-state index contributed by atoms with van der Waals surface area (Å²) < 4.78 is 12.5. The van der Waals surface area contributed by atoms with Crippen molar-refractivity contribution in [1.82, 2.24) is 19.9 Å². The van der Waals surface area contributed by atoms with Gasteiger partial charge in [0, 0.05) is 41.9 Å². The number of hydrogen-bond donors (Lipinski definition) is 0. The molecule has 0 aliphatic heterocycles. The van der Waals surface area contributed by atoms with Crippen LogP contribution in [0, 0.1) is 23.7 Å². The molecule has 0 aliphatic carbocycles. The van der Waals surface area contributed by atoms with Gasteiger partial charge in [-0.2, -0.15) is 0 Å². The first-order valence-corrected chi connectivity index (χ1v) is 15.4. The number of nitrogens with zero attached hydrogens (tertiary/aromatic N) is 4. The van der Waals surface area contributed by atoms with Gasteiger partial charge in [0.15, 0.2) is 6.29 Å². The lowest BCUT2D eigenvalue weighted by molar-refractivity contribution is 0.111. The first kappa shape index (κ1) is 31.6. The maximum atomic E-state index is 11.0. The second kappa shape index (κ2) is 16.3. The molecular formula is C39H34N4O3. The van der Waals surface area contributed by atoms with Crippen LogP contribution < -0.4 is 9.47 Å². The van der Waals surface area contributed by atoms with E-state index < -0.39 is 0 Å². The zero-order valence-corrected chi connectivity index (χ0v) is 26.0. The number of rotatable bonds is 11. The Kier molecular flexibility index (Phi) is 11.2. The predicted octanol–water partition coefficient (Wildman–Crippen LogP) is 7.57. The normalized spacial score (nSPS) is 10.2. The second-order valence-corrected chi connectivity index (χ2v) is 10.4. The van der Waals surface area contributed by atoms with Gasteiger partial charge in [0.1, 0.15) is 17.2 Å². The van der Waals surface area contributed by atoms with Crippen LogP contribution in [-0.2, 0) is 0 Å². The van der Waals surface area contributed by atoms with Gasteiger partial charge in [0.25, 0.3) is 0 Å². The molecule has 0 N–H and O–H groups in total. The fraction of sp³-hybridized carbons (Fsp3) is 0.205. The highest BCUT2D eigenvalue weighted by Crippen LogP contribution is 2.30. The van der Waals surface area contributed by atoms with Crippen molar-refractivity contribution in [3.63, 3.8) is 0 Å². The molecule has 0 bridgehead atoms. The molecule has 5 rings (SSSR count). The van der Waals surface area contributed by atoms with Gasteiger partial charge in [-0.05, 0) is 61.4 Å². The molecule has 0 aliphatic rings. The Morgan fingerprint density at radius 1 is 0.630 bits per heavy atom. The van der Waals surface area contributed by atoms with Crippen LogP contribution in [0.1, 0.15) is 72.3 Å². The molecule has 0 saturated carbocycles. The van der Waals surface area contributed by atoms with Gasteiger partial charge in [-0.1, -0.05) is 62.5 Å². The van der Waals surface area contributed by atoms with E-state index in [0.29, 0.717) is 64.8 Å². The number of aldehydes is 1. The topological polar surface area (TPSA) is 87.1 Å². The highest BCUT2D eigenvalue weighted by Gasteiger charge is 2.12. The zero-order valence-electron chi connectivity index (χ0n) is 26.0. The van der Waals surface area contributed by atoms with Crippen LogP contribution in [0.4, 0.5) is 0 Å². The lowest BCUT2D eigenvalue weighted by atomic mass is 10.1. The SMILES string of the molecule is CCCCOc1cc(C#Cc2cc(-c3ccccn3)nc(-c3ccccn3)c2)c(OCCCC)cc1C#Cc1ccc(C=O)nc1. The first-order chi connectivity index (χ1) is 22.7. The third kappa shape index (κ3) is 8.65. The van der Waals surface area contributed by atoms with E-state index >= 15 is 0 Å². The van der Waals surface area contributed by atoms with E-state index in [4.69, 9.17) is 14.5 Å². The van der Waals surface area contributed by atoms with Crippen LogP contribution >= 0.6 is 0 Å². The summed E-state index contributed by atoms with van der Waals surface area (Å²) in [7, 11) is 0. The first-order valence-electron chi connectivity index (χ1n) is 15.4. The Bertz CT molecular complexity index is 1830. The number of ether oxygens (including phenoxy) is 2. The maximum Gasteiger partial charge on any atom is 0.168 e. The molecule has 4 heterocycles. The van der Waals surface area contributed by atoms with Crippen LogP contribution in [0.2, 0.25) is 0 Å². The van der Waals surface area contributed by atoms with E-state index in [-0.39, 0.29) is 0 Å². The number of unbranched alkanes of at least 4 members (excludes halogenated alkanes) is 2. The van der Waals surface area contributed by atoms with Gasteiger partial charge in [-0.15, -0.1) is 0 Å². The number of carbonyl (C=O) groups is 1. The van der Waals surface area contributed by atoms with Gasteiger partial charge in [-0.25, -0.2) is 4.98 Å². The van der Waals surface area contributed by atoms with Gasteiger partial charge >= 0.3 is 0 Å². The minimum Gasteiger partial charge on any atom is -0.492 e. The van der Waals surface area contributed by atoms with Crippen molar-refractivity contribution in [2.24, 2.45) is 0 Å². The van der Waals surface area contributed by atoms with Gasteiger partial charge in [0.2, 0.25) is 0 Å². The minimum absolute atomic E-state index is 0.358. The number of carbonyl (C=O) groups excluding carboxylic acids is 1. The lowest BCUT2D eigenvalue weighted by Gasteiger charge is -2.13. The van der Waals surface area contributed by atoms with Crippen LogP contribution in [0.25, 0.3) is 22.8 Å². The maximum absolute atomic E-state index is 11.0. The third-order valence-corrected chi connectivity index (χ3v) is 6.86. The monoisotopic (exact) mass is 606 g/mol. The molecule has 0 radical (unpaired) electrons. The van der Waals surface area contributed by atoms with E-state index in [1.807, 2.05) is 60.7 Å². The number of pyridine rings is 4. The fourth-order valence-electron chi connectivity index (χ4n) is 4.37. The van der Waals surface area contributed by atoms with Gasteiger partial charge in [0.05, 0.1) is 47.1 Å². The van der Waals surface area contributed by atoms with E-state index in [0.717, 1.165) is 42.6 Å². The molecule has 0 amide bonds. The minimum atomic E-state index is 0.358. The van der Waals surface area contributed by atoms with Gasteiger partial charge < -0.3 is 9.47 Å². The van der Waals surface area contributed by atoms with Crippen LogP contribution in [0.5, 0.6) is 11.5 Å². The summed E-state index contributed by atoms with van der Waals surface area (Å²) in [5, 5.41) is 0. The highest BCUT2D eigenvalue weighted by molar-refractivity contribution is 5.71. The number of benzene rings is 1. The zero-order chi connectivity index (χ0) is 32.0. The quantitative estimate of drug-likeness (QED) is 0.0871. The lowest BCUT2D eigenvalue weighted by Crippen LogP contribution is -2.03. The average Bonchev–Trinajstić information content (AvgIpc) is 3.11. The number of hydrogen-bond acceptors (Lipinski definition) is 7. The molecule has 0 unspecified atom stereocenters. The Balaban J connectivity index is 1.58. The van der Waals surface area contributed by atoms with Crippen molar-refractivity contribution in [3.8, 4) is 58.0 Å². The number of aromatic nitrogens is 4. The van der Waals surface area contributed by atoms with Crippen molar-refractivity contribution >= 4 is 6.29 Å². The smallest absolute Gasteiger partial charge is 0.168 e. The molecule has 5 aromatic rings. The molecule has 228 valence electrons. The summed E-state index contributed by atoms with van der Waals surface area (Å²) in [5.74, 6) is 14.3. The summed E-state index contributed by atoms with van der Waals surface area (Å²) in [6.45, 7) is 5.34.